The van der Waals surface area contributed by atoms with Crippen molar-refractivity contribution >= 4 is 59.7 Å². The quantitative estimate of drug-likeness (QED) is 0.00871. The van der Waals surface area contributed by atoms with Gasteiger partial charge < -0.3 is 99.5 Å². The molecule has 0 aromatic heterocycles. The van der Waals surface area contributed by atoms with Gasteiger partial charge in [0, 0.05) is 17.0 Å². The first-order valence-corrected chi connectivity index (χ1v) is 44.7. The Kier molecular flexibility index (Phi) is 33.8. The molecule has 5 fully saturated rings. The fourth-order valence-corrected chi connectivity index (χ4v) is 16.0. The van der Waals surface area contributed by atoms with Crippen LogP contribution in [0.25, 0.3) is 10.4 Å². The Morgan fingerprint density at radius 1 is 0.293 bits per heavy atom. The number of carbonyl (C=O) groups is 10. The highest BCUT2D eigenvalue weighted by Crippen LogP contribution is 2.44. The highest BCUT2D eigenvalue weighted by atomic mass is 19.1. The van der Waals surface area contributed by atoms with Crippen molar-refractivity contribution in [3.63, 3.8) is 0 Å². The van der Waals surface area contributed by atoms with Gasteiger partial charge in [-0.3, -0.25) is 0 Å². The molecule has 0 aliphatic carbocycles. The summed E-state index contributed by atoms with van der Waals surface area (Å²) in [6.45, 7) is -4.77. The van der Waals surface area contributed by atoms with Gasteiger partial charge in [-0.1, -0.05) is 217 Å². The maximum absolute atomic E-state index is 17.2. The van der Waals surface area contributed by atoms with Gasteiger partial charge in [0.05, 0.1) is 82.1 Å². The Bertz CT molecular complexity index is 6010. The molecule has 11 aromatic rings. The smallest absolute Gasteiger partial charge is 0.338 e. The minimum absolute atomic E-state index is 0.00344. The third-order valence-electron chi connectivity index (χ3n) is 22.9. The van der Waals surface area contributed by atoms with E-state index in [2.05, 4.69) is 10.0 Å². The summed E-state index contributed by atoms with van der Waals surface area (Å²) < 4.78 is 159. The van der Waals surface area contributed by atoms with Gasteiger partial charge in [-0.25, -0.2) is 52.3 Å². The summed E-state index contributed by atoms with van der Waals surface area (Å²) in [6.07, 6.45) is -44.7. The third kappa shape index (κ3) is 24.9. The predicted molar refractivity (Wildman–Crippen MR) is 485 cm³/mol. The normalized spacial score (nSPS) is 25.1. The van der Waals surface area contributed by atoms with E-state index in [0.29, 0.717) is 5.56 Å². The molecule has 5 saturated heterocycles. The molecule has 34 nitrogen and oxygen atoms in total. The van der Waals surface area contributed by atoms with E-state index in [-0.39, 0.29) is 88.6 Å². The lowest BCUT2D eigenvalue weighted by Gasteiger charge is -2.52. The van der Waals surface area contributed by atoms with Gasteiger partial charge in [0.1, 0.15) is 56.5 Å². The average molecular weight is 1910 g/mol. The van der Waals surface area contributed by atoms with Crippen molar-refractivity contribution in [2.45, 2.75) is 129 Å². The number of azide groups is 1. The molecule has 35 heteroatoms. The number of fused-ring (bicyclic) bond motifs is 1. The summed E-state index contributed by atoms with van der Waals surface area (Å²) in [7, 11) is 0. The number of benzene rings is 11. The number of hydrogen-bond donors (Lipinski definition) is 0. The summed E-state index contributed by atoms with van der Waals surface area (Å²) in [5.74, 6) is -11.4. The summed E-state index contributed by atoms with van der Waals surface area (Å²) in [6, 6.07) is 82.6. The predicted octanol–water partition coefficient (Wildman–Crippen LogP) is 14.0. The molecule has 0 N–H and O–H groups in total. The van der Waals surface area contributed by atoms with Crippen molar-refractivity contribution in [3.05, 3.63) is 405 Å². The topological polar surface area (TPSA) is 413 Å². The summed E-state index contributed by atoms with van der Waals surface area (Å²) in [4.78, 5) is 156. The highest BCUT2D eigenvalue weighted by molar-refractivity contribution is 5.94. The van der Waals surface area contributed by atoms with E-state index in [1.807, 2.05) is 0 Å². The van der Waals surface area contributed by atoms with Crippen LogP contribution in [0.3, 0.4) is 0 Å². The summed E-state index contributed by atoms with van der Waals surface area (Å²) in [5, 5.41) is 3.55. The first kappa shape index (κ1) is 98.0. The molecule has 16 rings (SSSR count). The van der Waals surface area contributed by atoms with Gasteiger partial charge in [-0.2, -0.15) is 0 Å². The second-order valence-electron chi connectivity index (χ2n) is 32.1. The monoisotopic (exact) mass is 1910 g/mol. The second-order valence-corrected chi connectivity index (χ2v) is 32.1. The van der Waals surface area contributed by atoms with Crippen LogP contribution in [0, 0.1) is 0 Å². The molecule has 0 amide bonds. The third-order valence-corrected chi connectivity index (χ3v) is 22.9. The maximum Gasteiger partial charge on any atom is 0.338 e. The molecule has 720 valence electrons. The molecule has 0 unspecified atom stereocenters. The molecule has 0 bridgehead atoms. The Hall–Kier alpha value is -15.1. The SMILES string of the molecule is [N-]=[N+]=NCCOCCO[C@H]1O[C@@H]2CO[C@@H](c3ccccc3)O[C@H]2[C@H](O[C@H]2O[C@H](COC(=O)c3ccccc3)[C@@H](OC(=O)c3ccccc3)[C@H](OC(=O)c3ccccc3)[C@@H]2O[C@H]2O[C@H](COC(=O)c3ccccc3)[C@@H](OC(=O)c3ccccc3)[C@H](OC(=O)c3ccccc3)[C@@H]2O[C@H]2O[C@H](CF)[C@@H](OC(=O)c3ccccc3)[C@H](OC(=O)c3ccccc3)[C@@H]2OC(=O)c2ccccc2)[C@@H]1OC(=O)c1ccccc1. The Morgan fingerprint density at radius 2 is 0.564 bits per heavy atom. The van der Waals surface area contributed by atoms with Crippen LogP contribution in [0.2, 0.25) is 0 Å². The highest BCUT2D eigenvalue weighted by Gasteiger charge is 2.63. The van der Waals surface area contributed by atoms with Crippen LogP contribution in [-0.2, 0) is 99.5 Å². The van der Waals surface area contributed by atoms with Gasteiger partial charge in [-0.15, -0.1) is 0 Å². The average Bonchev–Trinajstić information content (AvgIpc) is 0.745. The standard InChI is InChI=1S/C105H92FN3O31/c106-60-75-79(129-93(112)66-38-16-3-17-39-66)83(132-96(115)69-44-22-6-23-45-69)88(136-100(119)73-52-30-10-31-53-73)103(125-75)139-90-85(134-98(117)71-48-26-8-27-49-71)81(131-95(114)68-42-20-5-21-43-68)77(62-123-92(111)65-36-14-2-15-37-65)128-105(90)140-89-84(133-97(116)70-46-24-7-25-47-70)80(130-94(113)67-40-18-4-19-41-67)76(61-122-91(110)64-34-12-1-13-35-64)127-104(89)138-86-82-78(63-124-101(137-82)74-54-32-11-33-55-74)126-102(121-59-58-120-57-56-108-109-107)87(86)135-99(118)72-50-28-9-29-51-72/h1-55,75-90,101-105H,56-63H2/t75-,76-,77-,78-,79-,80-,81-,82-,83+,84+,85+,86+,87+,88+,89+,90+,101-,102+,103-,104-,105-/m1/s1. The minimum Gasteiger partial charge on any atom is -0.459 e. The molecule has 0 radical (unpaired) electrons. The van der Waals surface area contributed by atoms with Crippen LogP contribution in [0.1, 0.15) is 115 Å². The van der Waals surface area contributed by atoms with E-state index < -0.39 is 209 Å². The number of rotatable bonds is 37. The van der Waals surface area contributed by atoms with E-state index in [0.717, 1.165) is 0 Å². The largest absolute Gasteiger partial charge is 0.459 e. The van der Waals surface area contributed by atoms with Crippen LogP contribution in [-0.4, -0.2) is 235 Å². The van der Waals surface area contributed by atoms with Gasteiger partial charge in [-0.05, 0) is 127 Å². The molecule has 5 aliphatic rings. The number of nitrogens with zero attached hydrogens (tertiary/aromatic N) is 3. The first-order chi connectivity index (χ1) is 68.5. The second kappa shape index (κ2) is 48.3. The van der Waals surface area contributed by atoms with E-state index in [4.69, 9.17) is 105 Å². The van der Waals surface area contributed by atoms with Crippen LogP contribution in [0.4, 0.5) is 4.39 Å². The van der Waals surface area contributed by atoms with Gasteiger partial charge >= 0.3 is 59.7 Å². The number of esters is 10. The van der Waals surface area contributed by atoms with Crippen LogP contribution in [0.15, 0.2) is 339 Å². The van der Waals surface area contributed by atoms with E-state index in [1.54, 1.807) is 115 Å². The molecular weight excluding hydrogens is 1820 g/mol. The maximum atomic E-state index is 17.2. The molecular formula is C105H92FN3O31. The number of hydrogen-bond acceptors (Lipinski definition) is 32. The van der Waals surface area contributed by atoms with E-state index in [9.17, 15) is 14.4 Å². The lowest BCUT2D eigenvalue weighted by molar-refractivity contribution is -0.411. The van der Waals surface area contributed by atoms with Crippen molar-refractivity contribution in [1.29, 1.82) is 0 Å². The molecule has 11 aromatic carbocycles. The minimum atomic E-state index is -2.63. The fourth-order valence-electron chi connectivity index (χ4n) is 16.0. The first-order valence-electron chi connectivity index (χ1n) is 44.7. The van der Waals surface area contributed by atoms with Crippen LogP contribution < -0.4 is 0 Å². The summed E-state index contributed by atoms with van der Waals surface area (Å²) >= 11 is 0. The number of alkyl halides is 1. The van der Waals surface area contributed by atoms with E-state index >= 15 is 38.0 Å². The van der Waals surface area contributed by atoms with Crippen molar-refractivity contribution in [2.24, 2.45) is 5.11 Å². The van der Waals surface area contributed by atoms with Crippen molar-refractivity contribution < 1.29 is 152 Å². The Morgan fingerprint density at radius 3 is 0.893 bits per heavy atom. The van der Waals surface area contributed by atoms with Crippen LogP contribution >= 0.6 is 0 Å². The Balaban J connectivity index is 0.937. The number of carbonyl (C=O) groups excluding carboxylic acids is 10. The lowest BCUT2D eigenvalue weighted by Crippen LogP contribution is -2.70. The summed E-state index contributed by atoms with van der Waals surface area (Å²) in [5.41, 5.74) is 8.36. The molecule has 0 spiro atoms. The van der Waals surface area contributed by atoms with Crippen LogP contribution in [0.5, 0.6) is 0 Å². The fraction of sp³-hybridized carbons (Fsp3) is 0.276. The molecule has 5 heterocycles. The Labute approximate surface area is 800 Å². The van der Waals surface area contributed by atoms with Crippen molar-refractivity contribution in [2.75, 3.05) is 52.9 Å². The lowest BCUT2D eigenvalue weighted by atomic mass is 9.94. The molecule has 5 aliphatic heterocycles. The molecule has 21 atom stereocenters. The zero-order valence-corrected chi connectivity index (χ0v) is 74.4. The zero-order chi connectivity index (χ0) is 97.1. The number of halogens is 1. The zero-order valence-electron chi connectivity index (χ0n) is 74.4. The van der Waals surface area contributed by atoms with E-state index in [1.165, 1.54) is 218 Å². The van der Waals surface area contributed by atoms with Crippen molar-refractivity contribution in [1.82, 2.24) is 0 Å². The van der Waals surface area contributed by atoms with Gasteiger partial charge in [0.15, 0.2) is 92.5 Å². The number of ether oxygens (including phenoxy) is 21. The molecule has 140 heavy (non-hydrogen) atoms. The van der Waals surface area contributed by atoms with Gasteiger partial charge in [0.2, 0.25) is 0 Å². The van der Waals surface area contributed by atoms with Crippen molar-refractivity contribution in [3.8, 4) is 0 Å². The molecule has 0 saturated carbocycles. The van der Waals surface area contributed by atoms with Gasteiger partial charge in [0.25, 0.3) is 0 Å².